The van der Waals surface area contributed by atoms with Crippen LogP contribution >= 0.6 is 0 Å². The monoisotopic (exact) mass is 277 g/mol. The van der Waals surface area contributed by atoms with Gasteiger partial charge in [-0.2, -0.15) is 0 Å². The summed E-state index contributed by atoms with van der Waals surface area (Å²) < 4.78 is 0. The number of pyridine rings is 1. The molecule has 6 heteroatoms. The van der Waals surface area contributed by atoms with E-state index in [1.165, 1.54) is 12.3 Å². The molecule has 108 valence electrons. The molecule has 0 aliphatic carbocycles. The molecule has 1 aromatic rings. The molecule has 2 heterocycles. The van der Waals surface area contributed by atoms with Crippen LogP contribution in [0.3, 0.4) is 0 Å². The van der Waals surface area contributed by atoms with Crippen molar-refractivity contribution in [3.05, 3.63) is 18.3 Å². The van der Waals surface area contributed by atoms with Gasteiger partial charge in [-0.05, 0) is 25.0 Å². The largest absolute Gasteiger partial charge is 0.504 e. The highest BCUT2D eigenvalue weighted by Crippen LogP contribution is 2.18. The van der Waals surface area contributed by atoms with E-state index in [0.717, 1.165) is 25.7 Å². The van der Waals surface area contributed by atoms with Crippen LogP contribution in [0.1, 0.15) is 32.1 Å². The molecule has 0 spiro atoms. The summed E-state index contributed by atoms with van der Waals surface area (Å²) in [5, 5.41) is 12.1. The predicted molar refractivity (Wildman–Crippen MR) is 74.2 cm³/mol. The van der Waals surface area contributed by atoms with Crippen LogP contribution < -0.4 is 5.32 Å². The lowest BCUT2D eigenvalue weighted by molar-refractivity contribution is -0.135. The molecule has 0 bridgehead atoms. The molecule has 0 aromatic carbocycles. The Bertz CT molecular complexity index is 490. The van der Waals surface area contributed by atoms with E-state index in [1.807, 2.05) is 0 Å². The second-order valence-electron chi connectivity index (χ2n) is 4.90. The number of amides is 2. The van der Waals surface area contributed by atoms with Gasteiger partial charge in [0.15, 0.2) is 11.6 Å². The highest BCUT2D eigenvalue weighted by atomic mass is 16.3. The average molecular weight is 277 g/mol. The van der Waals surface area contributed by atoms with Crippen molar-refractivity contribution in [2.45, 2.75) is 32.1 Å². The molecule has 0 radical (unpaired) electrons. The highest BCUT2D eigenvalue weighted by Gasteiger charge is 2.19. The Morgan fingerprint density at radius 2 is 2.15 bits per heavy atom. The van der Waals surface area contributed by atoms with Crippen molar-refractivity contribution < 1.29 is 14.7 Å². The SMILES string of the molecule is O=C(CN1CCCCCCC1=O)Nc1ncccc1O. The Kier molecular flexibility index (Phi) is 4.92. The molecule has 2 N–H and O–H groups in total. The van der Waals surface area contributed by atoms with Gasteiger partial charge in [0.1, 0.15) is 0 Å². The zero-order valence-corrected chi connectivity index (χ0v) is 11.3. The van der Waals surface area contributed by atoms with Gasteiger partial charge in [0.05, 0.1) is 6.54 Å². The van der Waals surface area contributed by atoms with Crippen molar-refractivity contribution in [1.82, 2.24) is 9.88 Å². The second kappa shape index (κ2) is 6.88. The van der Waals surface area contributed by atoms with E-state index in [0.29, 0.717) is 13.0 Å². The lowest BCUT2D eigenvalue weighted by Crippen LogP contribution is -2.39. The maximum atomic E-state index is 11.9. The summed E-state index contributed by atoms with van der Waals surface area (Å²) in [6, 6.07) is 3.02. The molecular weight excluding hydrogens is 258 g/mol. The number of aromatic hydroxyl groups is 1. The number of rotatable bonds is 3. The topological polar surface area (TPSA) is 82.5 Å². The average Bonchev–Trinajstić information content (AvgIpc) is 2.41. The van der Waals surface area contributed by atoms with Gasteiger partial charge in [-0.3, -0.25) is 9.59 Å². The van der Waals surface area contributed by atoms with Crippen molar-refractivity contribution in [2.24, 2.45) is 0 Å². The lowest BCUT2D eigenvalue weighted by Gasteiger charge is -2.24. The summed E-state index contributed by atoms with van der Waals surface area (Å²) in [5.41, 5.74) is 0. The van der Waals surface area contributed by atoms with Crippen LogP contribution in [-0.2, 0) is 9.59 Å². The molecule has 0 saturated carbocycles. The second-order valence-corrected chi connectivity index (χ2v) is 4.90. The van der Waals surface area contributed by atoms with Gasteiger partial charge < -0.3 is 15.3 Å². The van der Waals surface area contributed by atoms with Gasteiger partial charge in [-0.25, -0.2) is 4.98 Å². The van der Waals surface area contributed by atoms with Crippen molar-refractivity contribution >= 4 is 17.6 Å². The zero-order valence-electron chi connectivity index (χ0n) is 11.3. The molecule has 1 aromatic heterocycles. The Balaban J connectivity index is 1.92. The third-order valence-corrected chi connectivity index (χ3v) is 3.30. The van der Waals surface area contributed by atoms with E-state index in [-0.39, 0.29) is 29.9 Å². The predicted octanol–water partition coefficient (Wildman–Crippen LogP) is 1.52. The first-order valence-electron chi connectivity index (χ1n) is 6.88. The molecule has 6 nitrogen and oxygen atoms in total. The molecule has 1 fully saturated rings. The number of nitrogens with zero attached hydrogens (tertiary/aromatic N) is 2. The van der Waals surface area contributed by atoms with E-state index >= 15 is 0 Å². The number of carbonyl (C=O) groups is 2. The smallest absolute Gasteiger partial charge is 0.245 e. The fraction of sp³-hybridized carbons (Fsp3) is 0.500. The molecule has 1 aliphatic heterocycles. The maximum absolute atomic E-state index is 11.9. The first-order chi connectivity index (χ1) is 9.66. The van der Waals surface area contributed by atoms with E-state index in [9.17, 15) is 14.7 Å². The van der Waals surface area contributed by atoms with Gasteiger partial charge in [0.2, 0.25) is 11.8 Å². The fourth-order valence-electron chi connectivity index (χ4n) is 2.22. The first-order valence-corrected chi connectivity index (χ1v) is 6.88. The summed E-state index contributed by atoms with van der Waals surface area (Å²) in [7, 11) is 0. The molecule has 1 saturated heterocycles. The van der Waals surface area contributed by atoms with Crippen LogP contribution in [0.25, 0.3) is 0 Å². The van der Waals surface area contributed by atoms with Gasteiger partial charge >= 0.3 is 0 Å². The van der Waals surface area contributed by atoms with Crippen LogP contribution in [-0.4, -0.2) is 39.9 Å². The molecule has 1 aliphatic rings. The molecule has 0 unspecified atom stereocenters. The van der Waals surface area contributed by atoms with Crippen LogP contribution in [0.4, 0.5) is 5.82 Å². The number of aromatic nitrogens is 1. The third kappa shape index (κ3) is 3.94. The van der Waals surface area contributed by atoms with E-state index in [2.05, 4.69) is 10.3 Å². The summed E-state index contributed by atoms with van der Waals surface area (Å²) in [5.74, 6) is -0.283. The standard InChI is InChI=1S/C14H19N3O3/c18-11-6-5-8-15-14(11)16-12(19)10-17-9-4-2-1-3-7-13(17)20/h5-6,8,18H,1-4,7,9-10H2,(H,15,16,19). The zero-order chi connectivity index (χ0) is 14.4. The number of nitrogens with one attached hydrogen (secondary N) is 1. The Morgan fingerprint density at radius 1 is 1.35 bits per heavy atom. The number of hydrogen-bond acceptors (Lipinski definition) is 4. The van der Waals surface area contributed by atoms with Crippen molar-refractivity contribution in [3.63, 3.8) is 0 Å². The first kappa shape index (κ1) is 14.3. The molecular formula is C14H19N3O3. The van der Waals surface area contributed by atoms with E-state index in [1.54, 1.807) is 11.0 Å². The van der Waals surface area contributed by atoms with Crippen LogP contribution in [0.2, 0.25) is 0 Å². The summed E-state index contributed by atoms with van der Waals surface area (Å²) in [4.78, 5) is 29.3. The maximum Gasteiger partial charge on any atom is 0.245 e. The minimum atomic E-state index is -0.340. The third-order valence-electron chi connectivity index (χ3n) is 3.30. The highest BCUT2D eigenvalue weighted by molar-refractivity contribution is 5.94. The summed E-state index contributed by atoms with van der Waals surface area (Å²) >= 11 is 0. The van der Waals surface area contributed by atoms with Gasteiger partial charge in [0, 0.05) is 19.2 Å². The number of carbonyl (C=O) groups excluding carboxylic acids is 2. The summed E-state index contributed by atoms with van der Waals surface area (Å²) in [6.07, 6.45) is 5.96. The molecule has 0 atom stereocenters. The van der Waals surface area contributed by atoms with Gasteiger partial charge in [0.25, 0.3) is 0 Å². The van der Waals surface area contributed by atoms with Gasteiger partial charge in [-0.1, -0.05) is 12.8 Å². The minimum absolute atomic E-state index is 0.00878. The van der Waals surface area contributed by atoms with Crippen molar-refractivity contribution in [2.75, 3.05) is 18.4 Å². The fourth-order valence-corrected chi connectivity index (χ4v) is 2.22. The van der Waals surface area contributed by atoms with Crippen LogP contribution in [0.5, 0.6) is 5.75 Å². The van der Waals surface area contributed by atoms with Crippen LogP contribution in [0, 0.1) is 0 Å². The quantitative estimate of drug-likeness (QED) is 0.877. The Morgan fingerprint density at radius 3 is 2.95 bits per heavy atom. The number of hydrogen-bond donors (Lipinski definition) is 2. The molecule has 20 heavy (non-hydrogen) atoms. The van der Waals surface area contributed by atoms with Crippen molar-refractivity contribution in [1.29, 1.82) is 0 Å². The van der Waals surface area contributed by atoms with Crippen molar-refractivity contribution in [3.8, 4) is 5.75 Å². The Labute approximate surface area is 117 Å². The number of anilines is 1. The Hall–Kier alpha value is -2.11. The summed E-state index contributed by atoms with van der Waals surface area (Å²) in [6.45, 7) is 0.620. The normalized spacial score (nSPS) is 16.4. The van der Waals surface area contributed by atoms with E-state index < -0.39 is 0 Å². The van der Waals surface area contributed by atoms with Crippen LogP contribution in [0.15, 0.2) is 18.3 Å². The minimum Gasteiger partial charge on any atom is -0.504 e. The molecule has 2 rings (SSSR count). The van der Waals surface area contributed by atoms with E-state index in [4.69, 9.17) is 0 Å². The van der Waals surface area contributed by atoms with Gasteiger partial charge in [-0.15, -0.1) is 0 Å². The lowest BCUT2D eigenvalue weighted by atomic mass is 10.1. The number of likely N-dealkylation sites (tertiary alicyclic amines) is 1. The molecule has 2 amide bonds.